The van der Waals surface area contributed by atoms with Crippen LogP contribution in [-0.4, -0.2) is 44.5 Å². The Morgan fingerprint density at radius 2 is 2.17 bits per heavy atom. The fourth-order valence-corrected chi connectivity index (χ4v) is 2.83. The van der Waals surface area contributed by atoms with E-state index in [1.54, 1.807) is 18.7 Å². The minimum atomic E-state index is -0.203. The van der Waals surface area contributed by atoms with Gasteiger partial charge in [-0.1, -0.05) is 6.07 Å². The first-order chi connectivity index (χ1) is 11.2. The van der Waals surface area contributed by atoms with Crippen LogP contribution < -0.4 is 0 Å². The summed E-state index contributed by atoms with van der Waals surface area (Å²) in [5.41, 5.74) is 1.08. The van der Waals surface area contributed by atoms with Crippen molar-refractivity contribution in [2.24, 2.45) is 0 Å². The molecule has 0 radical (unpaired) electrons. The Morgan fingerprint density at radius 3 is 2.83 bits per heavy atom. The number of nitrogens with zero attached hydrogens (tertiary/aromatic N) is 4. The van der Waals surface area contributed by atoms with Gasteiger partial charge < -0.3 is 14.2 Å². The van der Waals surface area contributed by atoms with Gasteiger partial charge in [-0.2, -0.15) is 0 Å². The Hall–Kier alpha value is -2.21. The van der Waals surface area contributed by atoms with Crippen LogP contribution in [0.25, 0.3) is 0 Å². The second kappa shape index (κ2) is 7.37. The minimum absolute atomic E-state index is 0.147. The molecule has 2 aromatic rings. The van der Waals surface area contributed by atoms with Crippen LogP contribution >= 0.6 is 0 Å². The van der Waals surface area contributed by atoms with E-state index in [4.69, 9.17) is 4.74 Å². The maximum absolute atomic E-state index is 12.5. The van der Waals surface area contributed by atoms with E-state index < -0.39 is 0 Å². The quantitative estimate of drug-likeness (QED) is 0.847. The maximum atomic E-state index is 12.5. The summed E-state index contributed by atoms with van der Waals surface area (Å²) in [5, 5.41) is 0. The van der Waals surface area contributed by atoms with Crippen molar-refractivity contribution in [3.63, 3.8) is 0 Å². The molecule has 0 spiro atoms. The van der Waals surface area contributed by atoms with Crippen LogP contribution in [-0.2, 0) is 16.1 Å². The predicted octanol–water partition coefficient (Wildman–Crippen LogP) is 2.05. The number of hydrogen-bond acceptors (Lipinski definition) is 4. The van der Waals surface area contributed by atoms with Gasteiger partial charge in [0.25, 0.3) is 0 Å². The van der Waals surface area contributed by atoms with E-state index >= 15 is 0 Å². The summed E-state index contributed by atoms with van der Waals surface area (Å²) in [5.74, 6) is 0.147. The van der Waals surface area contributed by atoms with E-state index in [9.17, 15) is 4.79 Å². The van der Waals surface area contributed by atoms with Crippen molar-refractivity contribution in [1.29, 1.82) is 0 Å². The van der Waals surface area contributed by atoms with Gasteiger partial charge in [0.2, 0.25) is 5.91 Å². The molecule has 1 aliphatic rings. The number of aromatic nitrogens is 3. The van der Waals surface area contributed by atoms with E-state index in [0.717, 1.165) is 31.5 Å². The van der Waals surface area contributed by atoms with Crippen molar-refractivity contribution in [3.05, 3.63) is 48.8 Å². The molecular formula is C17H22N4O2. The molecule has 23 heavy (non-hydrogen) atoms. The lowest BCUT2D eigenvalue weighted by Crippen LogP contribution is -2.43. The van der Waals surface area contributed by atoms with Gasteiger partial charge in [-0.25, -0.2) is 4.98 Å². The molecule has 1 saturated heterocycles. The van der Waals surface area contributed by atoms with Gasteiger partial charge in [0, 0.05) is 37.9 Å². The molecule has 0 saturated carbocycles. The summed E-state index contributed by atoms with van der Waals surface area (Å²) < 4.78 is 7.78. The first kappa shape index (κ1) is 15.7. The van der Waals surface area contributed by atoms with Crippen LogP contribution in [0.4, 0.5) is 0 Å². The van der Waals surface area contributed by atoms with Crippen LogP contribution in [0.1, 0.15) is 31.4 Å². The molecule has 0 aromatic carbocycles. The molecule has 0 bridgehead atoms. The summed E-state index contributed by atoms with van der Waals surface area (Å²) in [4.78, 5) is 22.5. The summed E-state index contributed by atoms with van der Waals surface area (Å²) in [6.07, 6.45) is 10.8. The van der Waals surface area contributed by atoms with Crippen LogP contribution in [0.15, 0.2) is 43.2 Å². The molecule has 2 aromatic heterocycles. The fraction of sp³-hybridized carbons (Fsp3) is 0.471. The summed E-state index contributed by atoms with van der Waals surface area (Å²) >= 11 is 0. The molecule has 3 rings (SSSR count). The number of amides is 1. The molecule has 0 aliphatic carbocycles. The Labute approximate surface area is 136 Å². The second-order valence-electron chi connectivity index (χ2n) is 5.88. The number of ether oxygens (including phenoxy) is 1. The van der Waals surface area contributed by atoms with Crippen LogP contribution in [0.5, 0.6) is 0 Å². The number of likely N-dealkylation sites (tertiary alicyclic amines) is 1. The van der Waals surface area contributed by atoms with Gasteiger partial charge in [0.1, 0.15) is 6.04 Å². The van der Waals surface area contributed by atoms with Crippen molar-refractivity contribution in [3.8, 4) is 0 Å². The summed E-state index contributed by atoms with van der Waals surface area (Å²) in [6, 6.07) is 3.72. The van der Waals surface area contributed by atoms with Gasteiger partial charge in [0.05, 0.1) is 19.0 Å². The lowest BCUT2D eigenvalue weighted by molar-refractivity contribution is -0.137. The van der Waals surface area contributed by atoms with Crippen molar-refractivity contribution >= 4 is 5.91 Å². The Balaban J connectivity index is 1.45. The maximum Gasteiger partial charge on any atom is 0.245 e. The van der Waals surface area contributed by atoms with Crippen LogP contribution in [0.2, 0.25) is 0 Å². The SMILES string of the molecule is C[C@@H](C(=O)N1CCC(OCc2cccnc2)CC1)n1ccnc1. The molecule has 1 aliphatic heterocycles. The number of imidazole rings is 1. The van der Waals surface area contributed by atoms with E-state index in [0.29, 0.717) is 6.61 Å². The van der Waals surface area contributed by atoms with Gasteiger partial charge in [-0.05, 0) is 31.4 Å². The highest BCUT2D eigenvalue weighted by molar-refractivity contribution is 5.80. The van der Waals surface area contributed by atoms with E-state index in [-0.39, 0.29) is 18.1 Å². The molecule has 6 heteroatoms. The van der Waals surface area contributed by atoms with Crippen molar-refractivity contribution in [2.75, 3.05) is 13.1 Å². The molecule has 3 heterocycles. The Kier molecular flexibility index (Phi) is 5.02. The van der Waals surface area contributed by atoms with Crippen LogP contribution in [0, 0.1) is 0 Å². The number of carbonyl (C=O) groups is 1. The summed E-state index contributed by atoms with van der Waals surface area (Å²) in [7, 11) is 0. The number of carbonyl (C=O) groups excluding carboxylic acids is 1. The number of piperidine rings is 1. The van der Waals surface area contributed by atoms with Crippen molar-refractivity contribution in [2.45, 2.75) is 38.5 Å². The zero-order chi connectivity index (χ0) is 16.1. The van der Waals surface area contributed by atoms with E-state index in [1.165, 1.54) is 0 Å². The standard InChI is InChI=1S/C17H22N4O2/c1-14(21-10-7-19-13-21)17(22)20-8-4-16(5-9-20)23-12-15-3-2-6-18-11-15/h2-3,6-7,10-11,13-14,16H,4-5,8-9,12H2,1H3/t14-/m0/s1. The van der Waals surface area contributed by atoms with Crippen molar-refractivity contribution in [1.82, 2.24) is 19.4 Å². The van der Waals surface area contributed by atoms with E-state index in [2.05, 4.69) is 9.97 Å². The zero-order valence-electron chi connectivity index (χ0n) is 13.3. The molecule has 0 unspecified atom stereocenters. The lowest BCUT2D eigenvalue weighted by atomic mass is 10.1. The highest BCUT2D eigenvalue weighted by atomic mass is 16.5. The largest absolute Gasteiger partial charge is 0.373 e. The lowest BCUT2D eigenvalue weighted by Gasteiger charge is -2.33. The molecule has 122 valence electrons. The van der Waals surface area contributed by atoms with Gasteiger partial charge in [-0.3, -0.25) is 9.78 Å². The monoisotopic (exact) mass is 314 g/mol. The highest BCUT2D eigenvalue weighted by Gasteiger charge is 2.26. The third-order valence-electron chi connectivity index (χ3n) is 4.29. The molecule has 1 fully saturated rings. The molecule has 1 atom stereocenters. The summed E-state index contributed by atoms with van der Waals surface area (Å²) in [6.45, 7) is 3.98. The zero-order valence-corrected chi connectivity index (χ0v) is 13.3. The number of hydrogen-bond donors (Lipinski definition) is 0. The Morgan fingerprint density at radius 1 is 1.35 bits per heavy atom. The highest BCUT2D eigenvalue weighted by Crippen LogP contribution is 2.19. The third kappa shape index (κ3) is 3.96. The molecular weight excluding hydrogens is 292 g/mol. The third-order valence-corrected chi connectivity index (χ3v) is 4.29. The smallest absolute Gasteiger partial charge is 0.245 e. The van der Waals surface area contributed by atoms with Gasteiger partial charge in [0.15, 0.2) is 0 Å². The first-order valence-electron chi connectivity index (χ1n) is 8.01. The Bertz CT molecular complexity index is 607. The number of pyridine rings is 1. The molecule has 1 amide bonds. The topological polar surface area (TPSA) is 60.3 Å². The minimum Gasteiger partial charge on any atom is -0.373 e. The normalized spacial score (nSPS) is 17.2. The predicted molar refractivity (Wildman–Crippen MR) is 85.6 cm³/mol. The molecule has 6 nitrogen and oxygen atoms in total. The van der Waals surface area contributed by atoms with Gasteiger partial charge in [-0.15, -0.1) is 0 Å². The van der Waals surface area contributed by atoms with Crippen molar-refractivity contribution < 1.29 is 9.53 Å². The van der Waals surface area contributed by atoms with Crippen LogP contribution in [0.3, 0.4) is 0 Å². The molecule has 0 N–H and O–H groups in total. The number of rotatable bonds is 5. The fourth-order valence-electron chi connectivity index (χ4n) is 2.83. The average Bonchev–Trinajstić information content (AvgIpc) is 3.15. The second-order valence-corrected chi connectivity index (χ2v) is 5.88. The average molecular weight is 314 g/mol. The van der Waals surface area contributed by atoms with Gasteiger partial charge >= 0.3 is 0 Å². The first-order valence-corrected chi connectivity index (χ1v) is 8.01. The van der Waals surface area contributed by atoms with E-state index in [1.807, 2.05) is 40.9 Å².